The standard InChI is InChI=1S/C25H28N4O3/c1-16-17(2)29(14-9-15-31-3)24(28-25(30)18-10-5-8-13-21(18)32-4)22(16)23-26-19-11-6-7-12-20(19)27-23/h5-8,10-13H,9,14-15H2,1-4H3,(H,26,27)(H,28,30). The second-order valence-electron chi connectivity index (χ2n) is 7.69. The molecule has 0 unspecified atom stereocenters. The van der Waals surface area contributed by atoms with Crippen molar-refractivity contribution in [2.45, 2.75) is 26.8 Å². The Morgan fingerprint density at radius 2 is 1.84 bits per heavy atom. The fourth-order valence-electron chi connectivity index (χ4n) is 4.01. The highest BCUT2D eigenvalue weighted by Gasteiger charge is 2.24. The van der Waals surface area contributed by atoms with E-state index in [-0.39, 0.29) is 5.91 Å². The molecule has 1 amide bonds. The van der Waals surface area contributed by atoms with E-state index >= 15 is 0 Å². The van der Waals surface area contributed by atoms with Gasteiger partial charge in [-0.1, -0.05) is 24.3 Å². The van der Waals surface area contributed by atoms with Crippen LogP contribution in [0.15, 0.2) is 48.5 Å². The first kappa shape index (κ1) is 21.6. The summed E-state index contributed by atoms with van der Waals surface area (Å²) in [6.45, 7) is 5.47. The van der Waals surface area contributed by atoms with Crippen molar-refractivity contribution in [1.82, 2.24) is 14.5 Å². The molecule has 32 heavy (non-hydrogen) atoms. The van der Waals surface area contributed by atoms with Crippen molar-refractivity contribution in [3.8, 4) is 17.1 Å². The van der Waals surface area contributed by atoms with Crippen LogP contribution in [-0.2, 0) is 11.3 Å². The average Bonchev–Trinajstić information content (AvgIpc) is 3.33. The lowest BCUT2D eigenvalue weighted by atomic mass is 10.1. The number of hydrogen-bond donors (Lipinski definition) is 2. The van der Waals surface area contributed by atoms with Gasteiger partial charge in [0.15, 0.2) is 0 Å². The predicted molar refractivity (Wildman–Crippen MR) is 126 cm³/mol. The first-order chi connectivity index (χ1) is 15.5. The van der Waals surface area contributed by atoms with E-state index in [9.17, 15) is 4.79 Å². The van der Waals surface area contributed by atoms with Crippen LogP contribution in [0.4, 0.5) is 5.82 Å². The number of para-hydroxylation sites is 3. The second kappa shape index (κ2) is 9.28. The molecule has 0 saturated heterocycles. The van der Waals surface area contributed by atoms with Crippen LogP contribution in [0.1, 0.15) is 28.0 Å². The number of imidazole rings is 1. The van der Waals surface area contributed by atoms with Gasteiger partial charge in [0, 0.05) is 26.0 Å². The first-order valence-corrected chi connectivity index (χ1v) is 10.6. The van der Waals surface area contributed by atoms with Crippen molar-refractivity contribution in [2.75, 3.05) is 26.1 Å². The number of methoxy groups -OCH3 is 2. The highest BCUT2D eigenvalue weighted by atomic mass is 16.5. The highest BCUT2D eigenvalue weighted by Crippen LogP contribution is 2.36. The Kier molecular flexibility index (Phi) is 6.28. The third-order valence-electron chi connectivity index (χ3n) is 5.77. The number of ether oxygens (including phenoxy) is 2. The maximum absolute atomic E-state index is 13.3. The van der Waals surface area contributed by atoms with Crippen LogP contribution < -0.4 is 10.1 Å². The molecule has 0 atom stereocenters. The molecule has 0 radical (unpaired) electrons. The molecule has 2 aromatic heterocycles. The largest absolute Gasteiger partial charge is 0.496 e. The van der Waals surface area contributed by atoms with Crippen molar-refractivity contribution < 1.29 is 14.3 Å². The summed E-state index contributed by atoms with van der Waals surface area (Å²) in [6.07, 6.45) is 0.822. The van der Waals surface area contributed by atoms with Gasteiger partial charge in [0.1, 0.15) is 17.4 Å². The van der Waals surface area contributed by atoms with Crippen LogP contribution >= 0.6 is 0 Å². The summed E-state index contributed by atoms with van der Waals surface area (Å²) in [5, 5.41) is 3.14. The lowest BCUT2D eigenvalue weighted by Crippen LogP contribution is -2.17. The summed E-state index contributed by atoms with van der Waals surface area (Å²) in [7, 11) is 3.26. The average molecular weight is 433 g/mol. The maximum atomic E-state index is 13.3. The van der Waals surface area contributed by atoms with Gasteiger partial charge in [0.25, 0.3) is 5.91 Å². The van der Waals surface area contributed by atoms with Crippen LogP contribution in [-0.4, -0.2) is 41.3 Å². The molecule has 166 valence electrons. The predicted octanol–water partition coefficient (Wildman–Crippen LogP) is 4.95. The van der Waals surface area contributed by atoms with E-state index in [1.165, 1.54) is 0 Å². The molecule has 7 nitrogen and oxygen atoms in total. The van der Waals surface area contributed by atoms with Gasteiger partial charge in [-0.05, 0) is 50.1 Å². The Morgan fingerprint density at radius 1 is 1.09 bits per heavy atom. The SMILES string of the molecule is COCCCn1c(C)c(C)c(-c2nc3ccccc3[nH]2)c1NC(=O)c1ccccc1OC. The number of carbonyl (C=O) groups excluding carboxylic acids is 1. The zero-order chi connectivity index (χ0) is 22.7. The molecule has 7 heteroatoms. The minimum Gasteiger partial charge on any atom is -0.496 e. The van der Waals surface area contributed by atoms with Crippen molar-refractivity contribution in [2.24, 2.45) is 0 Å². The molecule has 4 rings (SSSR count). The molecule has 4 aromatic rings. The third kappa shape index (κ3) is 3.99. The van der Waals surface area contributed by atoms with E-state index in [1.54, 1.807) is 26.4 Å². The summed E-state index contributed by atoms with van der Waals surface area (Å²) < 4.78 is 12.8. The minimum atomic E-state index is -0.231. The number of aromatic nitrogens is 3. The number of hydrogen-bond acceptors (Lipinski definition) is 4. The molecule has 2 N–H and O–H groups in total. The molecule has 0 saturated carbocycles. The van der Waals surface area contributed by atoms with Gasteiger partial charge in [-0.3, -0.25) is 4.79 Å². The Hall–Kier alpha value is -3.58. The zero-order valence-corrected chi connectivity index (χ0v) is 18.9. The van der Waals surface area contributed by atoms with E-state index in [0.717, 1.165) is 40.1 Å². The number of amides is 1. The van der Waals surface area contributed by atoms with Crippen LogP contribution in [0.25, 0.3) is 22.4 Å². The maximum Gasteiger partial charge on any atom is 0.260 e. The van der Waals surface area contributed by atoms with Gasteiger partial charge in [0.2, 0.25) is 0 Å². The van der Waals surface area contributed by atoms with Crippen LogP contribution in [0.5, 0.6) is 5.75 Å². The molecule has 2 aromatic carbocycles. The summed E-state index contributed by atoms with van der Waals surface area (Å²) in [5.74, 6) is 1.74. The van der Waals surface area contributed by atoms with Crippen LogP contribution in [0, 0.1) is 13.8 Å². The molecule has 0 fully saturated rings. The number of nitrogens with zero attached hydrogens (tertiary/aromatic N) is 2. The number of benzene rings is 2. The quantitative estimate of drug-likeness (QED) is 0.386. The van der Waals surface area contributed by atoms with E-state index < -0.39 is 0 Å². The van der Waals surface area contributed by atoms with Gasteiger partial charge >= 0.3 is 0 Å². The second-order valence-corrected chi connectivity index (χ2v) is 7.69. The third-order valence-corrected chi connectivity index (χ3v) is 5.77. The van der Waals surface area contributed by atoms with E-state index in [1.807, 2.05) is 36.4 Å². The van der Waals surface area contributed by atoms with Crippen molar-refractivity contribution in [1.29, 1.82) is 0 Å². The van der Waals surface area contributed by atoms with Gasteiger partial charge in [-0.2, -0.15) is 0 Å². The topological polar surface area (TPSA) is 81.2 Å². The molecule has 0 spiro atoms. The summed E-state index contributed by atoms with van der Waals surface area (Å²) in [6, 6.07) is 15.1. The number of carbonyl (C=O) groups is 1. The fourth-order valence-corrected chi connectivity index (χ4v) is 4.01. The fraction of sp³-hybridized carbons (Fsp3) is 0.280. The molecular weight excluding hydrogens is 404 g/mol. The summed E-state index contributed by atoms with van der Waals surface area (Å²) in [4.78, 5) is 21.5. The van der Waals surface area contributed by atoms with E-state index in [4.69, 9.17) is 14.5 Å². The molecular formula is C25H28N4O3. The normalized spacial score (nSPS) is 11.1. The number of nitrogens with one attached hydrogen (secondary N) is 2. The number of H-pyrrole nitrogens is 1. The van der Waals surface area contributed by atoms with Crippen LogP contribution in [0.2, 0.25) is 0 Å². The monoisotopic (exact) mass is 432 g/mol. The van der Waals surface area contributed by atoms with Gasteiger partial charge in [0.05, 0.1) is 29.3 Å². The Labute approximate surface area is 187 Å². The van der Waals surface area contributed by atoms with E-state index in [0.29, 0.717) is 30.3 Å². The Morgan fingerprint density at radius 3 is 2.59 bits per heavy atom. The molecule has 2 heterocycles. The van der Waals surface area contributed by atoms with Crippen LogP contribution in [0.3, 0.4) is 0 Å². The Bertz CT molecular complexity index is 1220. The molecule has 0 bridgehead atoms. The van der Waals surface area contributed by atoms with Gasteiger partial charge < -0.3 is 24.3 Å². The summed E-state index contributed by atoms with van der Waals surface area (Å²) >= 11 is 0. The lowest BCUT2D eigenvalue weighted by Gasteiger charge is -2.15. The molecule has 0 aliphatic heterocycles. The number of anilines is 1. The lowest BCUT2D eigenvalue weighted by molar-refractivity contribution is 0.102. The Balaban J connectivity index is 1.82. The minimum absolute atomic E-state index is 0.231. The molecule has 0 aliphatic carbocycles. The first-order valence-electron chi connectivity index (χ1n) is 10.6. The number of fused-ring (bicyclic) bond motifs is 1. The van der Waals surface area contributed by atoms with Crippen molar-refractivity contribution in [3.05, 3.63) is 65.4 Å². The highest BCUT2D eigenvalue weighted by molar-refractivity contribution is 6.07. The molecule has 0 aliphatic rings. The van der Waals surface area contributed by atoms with Crippen molar-refractivity contribution in [3.63, 3.8) is 0 Å². The smallest absolute Gasteiger partial charge is 0.260 e. The van der Waals surface area contributed by atoms with Gasteiger partial charge in [-0.25, -0.2) is 4.98 Å². The number of rotatable bonds is 8. The van der Waals surface area contributed by atoms with Gasteiger partial charge in [-0.15, -0.1) is 0 Å². The van der Waals surface area contributed by atoms with E-state index in [2.05, 4.69) is 28.7 Å². The summed E-state index contributed by atoms with van der Waals surface area (Å²) in [5.41, 5.74) is 5.34. The zero-order valence-electron chi connectivity index (χ0n) is 18.9. The number of aromatic amines is 1. The van der Waals surface area contributed by atoms with Crippen molar-refractivity contribution >= 4 is 22.8 Å².